The molecule has 0 saturated carbocycles. The summed E-state index contributed by atoms with van der Waals surface area (Å²) in [6, 6.07) is -1.51. The molecule has 16 heteroatoms. The van der Waals surface area contributed by atoms with Gasteiger partial charge in [0.05, 0.1) is 25.4 Å². The maximum atomic E-state index is 11.9. The number of nitrogens with one attached hydrogen (secondary N) is 1. The Morgan fingerprint density at radius 1 is 1.14 bits per heavy atom. The van der Waals surface area contributed by atoms with E-state index in [1.807, 2.05) is 0 Å². The minimum Gasteiger partial charge on any atom is -0.544 e. The van der Waals surface area contributed by atoms with E-state index in [1.165, 1.54) is 0 Å². The number of amides is 1. The van der Waals surface area contributed by atoms with E-state index in [0.29, 0.717) is 0 Å². The van der Waals surface area contributed by atoms with Crippen molar-refractivity contribution in [1.82, 2.24) is 5.32 Å². The Labute approximate surface area is 198 Å². The summed E-state index contributed by atoms with van der Waals surface area (Å²) in [5.74, 6) is -7.07. The van der Waals surface area contributed by atoms with Crippen LogP contribution in [0.25, 0.3) is 0 Å². The molecule has 202 valence electrons. The zero-order valence-corrected chi connectivity index (χ0v) is 18.8. The van der Waals surface area contributed by atoms with E-state index >= 15 is 0 Å². The molecule has 2 fully saturated rings. The van der Waals surface area contributed by atoms with Crippen LogP contribution in [0, 0.1) is 0 Å². The van der Waals surface area contributed by atoms with Crippen molar-refractivity contribution < 1.29 is 74.2 Å². The van der Waals surface area contributed by atoms with Gasteiger partial charge < -0.3 is 69.9 Å². The number of aliphatic carboxylic acids is 1. The standard InChI is InChI=1S/C19H31NO15/c1-6(23)20-11-9(33-17-14(28)13(27)12(26)10(5-22)34-17)3-19(31,18(29)30)35-16(11)15(8(25)4-21)32-7(2)24/h8-17,21-22,25-28,31H,3-5H2,1-2H3,(H,20,23)(H,29,30)/p-1/t8-,9+,10-,11-,12-,13+,14-,15-,16-,17+,19-/m1/s1. The molecule has 0 aromatic heterocycles. The third-order valence-electron chi connectivity index (χ3n) is 5.60. The number of carboxylic acids is 1. The van der Waals surface area contributed by atoms with Crippen molar-refractivity contribution in [2.45, 2.75) is 87.2 Å². The van der Waals surface area contributed by atoms with Gasteiger partial charge in [0.1, 0.15) is 42.6 Å². The third-order valence-corrected chi connectivity index (χ3v) is 5.60. The predicted octanol–water partition coefficient (Wildman–Crippen LogP) is -6.81. The summed E-state index contributed by atoms with van der Waals surface area (Å²) in [6.07, 6.45) is -17.0. The van der Waals surface area contributed by atoms with Gasteiger partial charge in [-0.25, -0.2) is 0 Å². The van der Waals surface area contributed by atoms with Gasteiger partial charge in [-0.1, -0.05) is 0 Å². The molecule has 16 nitrogen and oxygen atoms in total. The van der Waals surface area contributed by atoms with E-state index in [-0.39, 0.29) is 0 Å². The summed E-state index contributed by atoms with van der Waals surface area (Å²) in [5.41, 5.74) is 0. The topological polar surface area (TPSA) is 265 Å². The summed E-state index contributed by atoms with van der Waals surface area (Å²) in [7, 11) is 0. The molecule has 0 aromatic carbocycles. The van der Waals surface area contributed by atoms with Crippen LogP contribution < -0.4 is 10.4 Å². The number of hydrogen-bond acceptors (Lipinski definition) is 15. The first-order chi connectivity index (χ1) is 16.2. The van der Waals surface area contributed by atoms with Crippen molar-refractivity contribution in [3.63, 3.8) is 0 Å². The minimum atomic E-state index is -3.15. The fraction of sp³-hybridized carbons (Fsp3) is 0.842. The lowest BCUT2D eigenvalue weighted by atomic mass is 9.88. The van der Waals surface area contributed by atoms with Crippen molar-refractivity contribution in [2.24, 2.45) is 0 Å². The zero-order valence-electron chi connectivity index (χ0n) is 18.8. The molecule has 0 aromatic rings. The highest BCUT2D eigenvalue weighted by Crippen LogP contribution is 2.35. The number of aliphatic hydroxyl groups excluding tert-OH is 6. The maximum absolute atomic E-state index is 11.9. The maximum Gasteiger partial charge on any atom is 0.303 e. The Morgan fingerprint density at radius 3 is 2.26 bits per heavy atom. The lowest BCUT2D eigenvalue weighted by Crippen LogP contribution is -2.70. The van der Waals surface area contributed by atoms with Crippen LogP contribution in [0.15, 0.2) is 0 Å². The fourth-order valence-corrected chi connectivity index (χ4v) is 3.92. The van der Waals surface area contributed by atoms with Crippen molar-refractivity contribution in [1.29, 1.82) is 0 Å². The van der Waals surface area contributed by atoms with Crippen LogP contribution >= 0.6 is 0 Å². The first-order valence-electron chi connectivity index (χ1n) is 10.6. The molecule has 2 rings (SSSR count). The number of aliphatic hydroxyl groups is 7. The Kier molecular flexibility index (Phi) is 9.88. The number of ether oxygens (including phenoxy) is 4. The van der Waals surface area contributed by atoms with Crippen molar-refractivity contribution in [2.75, 3.05) is 13.2 Å². The van der Waals surface area contributed by atoms with Crippen molar-refractivity contribution in [3.8, 4) is 0 Å². The Balaban J connectivity index is 2.50. The summed E-state index contributed by atoms with van der Waals surface area (Å²) >= 11 is 0. The van der Waals surface area contributed by atoms with Gasteiger partial charge in [0.15, 0.2) is 12.4 Å². The minimum absolute atomic E-state index is 0.745. The first-order valence-corrected chi connectivity index (χ1v) is 10.6. The number of esters is 1. The molecule has 0 aliphatic carbocycles. The van der Waals surface area contributed by atoms with Gasteiger partial charge in [-0.15, -0.1) is 0 Å². The van der Waals surface area contributed by atoms with E-state index in [0.717, 1.165) is 13.8 Å². The van der Waals surface area contributed by atoms with Crippen molar-refractivity contribution in [3.05, 3.63) is 0 Å². The molecule has 0 unspecified atom stereocenters. The van der Waals surface area contributed by atoms with Gasteiger partial charge in [-0.3, -0.25) is 9.59 Å². The lowest BCUT2D eigenvalue weighted by molar-refractivity contribution is -0.383. The summed E-state index contributed by atoms with van der Waals surface area (Å²) in [5, 5.41) is 83.8. The molecule has 0 bridgehead atoms. The van der Waals surface area contributed by atoms with Crippen LogP contribution in [0.4, 0.5) is 0 Å². The average Bonchev–Trinajstić information content (AvgIpc) is 2.78. The number of rotatable bonds is 9. The van der Waals surface area contributed by atoms with E-state index in [2.05, 4.69) is 5.32 Å². The SMILES string of the molecule is CC(=O)N[C@H]1[C@H]([C@H](OC(C)=O)[C@H](O)CO)O[C@@](O)(C(=O)[O-])C[C@@H]1O[C@H]1O[C@H](CO)[C@@H](O)[C@H](O)[C@H]1O. The van der Waals surface area contributed by atoms with Crippen LogP contribution in [0.5, 0.6) is 0 Å². The lowest BCUT2D eigenvalue weighted by Gasteiger charge is -2.50. The average molecular weight is 512 g/mol. The molecule has 2 saturated heterocycles. The van der Waals surface area contributed by atoms with E-state index in [4.69, 9.17) is 18.9 Å². The van der Waals surface area contributed by atoms with Gasteiger partial charge >= 0.3 is 5.97 Å². The summed E-state index contributed by atoms with van der Waals surface area (Å²) < 4.78 is 20.9. The highest BCUT2D eigenvalue weighted by Gasteiger charge is 2.55. The number of carboxylic acid groups (broad SMARTS) is 1. The molecular weight excluding hydrogens is 482 g/mol. The number of carbonyl (C=O) groups excluding carboxylic acids is 3. The highest BCUT2D eigenvalue weighted by atomic mass is 16.7. The fourth-order valence-electron chi connectivity index (χ4n) is 3.92. The highest BCUT2D eigenvalue weighted by molar-refractivity contribution is 5.75. The normalized spacial score (nSPS) is 39.3. The quantitative estimate of drug-likeness (QED) is 0.133. The molecule has 11 atom stereocenters. The molecule has 0 radical (unpaired) electrons. The summed E-state index contributed by atoms with van der Waals surface area (Å²) in [6.45, 7) is 0.161. The van der Waals surface area contributed by atoms with Crippen LogP contribution in [-0.2, 0) is 33.3 Å². The zero-order chi connectivity index (χ0) is 26.7. The predicted molar refractivity (Wildman–Crippen MR) is 104 cm³/mol. The molecule has 35 heavy (non-hydrogen) atoms. The van der Waals surface area contributed by atoms with Crippen LogP contribution in [-0.4, -0.2) is 134 Å². The second kappa shape index (κ2) is 11.8. The molecule has 1 amide bonds. The second-order valence-electron chi connectivity index (χ2n) is 8.28. The molecule has 2 aliphatic rings. The number of hydrogen-bond donors (Lipinski definition) is 8. The molecule has 8 N–H and O–H groups in total. The summed E-state index contributed by atoms with van der Waals surface area (Å²) in [4.78, 5) is 35.2. The van der Waals surface area contributed by atoms with E-state index in [1.54, 1.807) is 0 Å². The van der Waals surface area contributed by atoms with Crippen LogP contribution in [0.3, 0.4) is 0 Å². The Hall–Kier alpha value is -1.99. The smallest absolute Gasteiger partial charge is 0.303 e. The van der Waals surface area contributed by atoms with Gasteiger partial charge in [-0.2, -0.15) is 0 Å². The van der Waals surface area contributed by atoms with Crippen molar-refractivity contribution >= 4 is 17.8 Å². The van der Waals surface area contributed by atoms with E-state index in [9.17, 15) is 55.2 Å². The second-order valence-corrected chi connectivity index (χ2v) is 8.28. The van der Waals surface area contributed by atoms with Gasteiger partial charge in [0, 0.05) is 20.3 Å². The molecule has 2 heterocycles. The monoisotopic (exact) mass is 512 g/mol. The molecule has 2 aliphatic heterocycles. The van der Waals surface area contributed by atoms with Gasteiger partial charge in [-0.05, 0) is 0 Å². The van der Waals surface area contributed by atoms with Gasteiger partial charge in [0.2, 0.25) is 11.7 Å². The Bertz CT molecular complexity index is 765. The first kappa shape index (κ1) is 29.2. The van der Waals surface area contributed by atoms with Gasteiger partial charge in [0.25, 0.3) is 0 Å². The van der Waals surface area contributed by atoms with Crippen LogP contribution in [0.1, 0.15) is 20.3 Å². The molecule has 0 spiro atoms. The van der Waals surface area contributed by atoms with E-state index < -0.39 is 104 Å². The Morgan fingerprint density at radius 2 is 1.77 bits per heavy atom. The van der Waals surface area contributed by atoms with Crippen LogP contribution in [0.2, 0.25) is 0 Å². The largest absolute Gasteiger partial charge is 0.544 e. The molecular formula is C19H30NO15-. The number of carbonyl (C=O) groups is 3. The third kappa shape index (κ3) is 6.62.